The molecule has 2 aliphatic heterocycles. The molecule has 1 unspecified atom stereocenters. The number of rotatable bonds is 5. The van der Waals surface area contributed by atoms with Crippen molar-refractivity contribution >= 4 is 11.8 Å². The largest absolute Gasteiger partial charge is 0.416 e. The highest BCUT2D eigenvalue weighted by molar-refractivity contribution is 5.89. The van der Waals surface area contributed by atoms with E-state index in [0.29, 0.717) is 44.8 Å². The number of piperidine rings is 1. The fourth-order valence-corrected chi connectivity index (χ4v) is 4.61. The molecule has 0 spiro atoms. The van der Waals surface area contributed by atoms with E-state index in [1.54, 1.807) is 15.9 Å². The van der Waals surface area contributed by atoms with Crippen LogP contribution < -0.4 is 0 Å². The highest BCUT2D eigenvalue weighted by Crippen LogP contribution is 2.30. The first kappa shape index (κ1) is 23.3. The van der Waals surface area contributed by atoms with E-state index < -0.39 is 11.7 Å². The first-order valence-corrected chi connectivity index (χ1v) is 11.3. The van der Waals surface area contributed by atoms with Gasteiger partial charge in [-0.05, 0) is 30.0 Å². The topological polar surface area (TPSA) is 43.9 Å². The van der Waals surface area contributed by atoms with Gasteiger partial charge in [0.1, 0.15) is 0 Å². The Hall–Kier alpha value is -2.87. The van der Waals surface area contributed by atoms with Crippen LogP contribution in [0.4, 0.5) is 13.2 Å². The second-order valence-corrected chi connectivity index (χ2v) is 8.72. The van der Waals surface area contributed by atoms with Crippen LogP contribution in [-0.4, -0.2) is 65.8 Å². The Morgan fingerprint density at radius 3 is 2.36 bits per heavy atom. The van der Waals surface area contributed by atoms with Crippen LogP contribution >= 0.6 is 0 Å². The molecule has 176 valence electrons. The third kappa shape index (κ3) is 5.74. The van der Waals surface area contributed by atoms with Crippen LogP contribution in [0.15, 0.2) is 54.6 Å². The van der Waals surface area contributed by atoms with E-state index >= 15 is 0 Å². The van der Waals surface area contributed by atoms with Crippen LogP contribution in [0.1, 0.15) is 35.4 Å². The lowest BCUT2D eigenvalue weighted by Crippen LogP contribution is -2.52. The van der Waals surface area contributed by atoms with Crippen molar-refractivity contribution in [1.29, 1.82) is 0 Å². The average Bonchev–Trinajstić information content (AvgIpc) is 2.81. The summed E-state index contributed by atoms with van der Waals surface area (Å²) in [5.74, 6) is -0.267. The molecule has 0 N–H and O–H groups in total. The fourth-order valence-electron chi connectivity index (χ4n) is 4.61. The molecule has 0 radical (unpaired) electrons. The molecule has 4 rings (SSSR count). The Kier molecular flexibility index (Phi) is 7.02. The summed E-state index contributed by atoms with van der Waals surface area (Å²) < 4.78 is 38.8. The number of hydrogen-bond acceptors (Lipinski definition) is 3. The lowest BCUT2D eigenvalue weighted by Gasteiger charge is -2.37. The average molecular weight is 460 g/mol. The summed E-state index contributed by atoms with van der Waals surface area (Å²) in [7, 11) is 0. The molecule has 5 nitrogen and oxygen atoms in total. The minimum absolute atomic E-state index is 0.00369. The van der Waals surface area contributed by atoms with Gasteiger partial charge in [0.15, 0.2) is 0 Å². The molecule has 2 fully saturated rings. The summed E-state index contributed by atoms with van der Waals surface area (Å²) in [5.41, 5.74) is 0.951. The lowest BCUT2D eigenvalue weighted by atomic mass is 9.90. The second kappa shape index (κ2) is 9.95. The van der Waals surface area contributed by atoms with Crippen LogP contribution in [0, 0.1) is 0 Å². The van der Waals surface area contributed by atoms with E-state index in [0.717, 1.165) is 24.5 Å². The Bertz CT molecular complexity index is 972. The molecule has 2 saturated heterocycles. The van der Waals surface area contributed by atoms with Crippen molar-refractivity contribution in [3.63, 3.8) is 0 Å². The number of alkyl halides is 3. The molecule has 1 atom stereocenters. The van der Waals surface area contributed by atoms with Gasteiger partial charge in [0, 0.05) is 39.3 Å². The van der Waals surface area contributed by atoms with Gasteiger partial charge in [-0.25, -0.2) is 0 Å². The third-order valence-corrected chi connectivity index (χ3v) is 6.44. The van der Waals surface area contributed by atoms with Gasteiger partial charge in [-0.3, -0.25) is 14.5 Å². The molecule has 2 amide bonds. The van der Waals surface area contributed by atoms with Gasteiger partial charge < -0.3 is 9.80 Å². The van der Waals surface area contributed by atoms with E-state index in [2.05, 4.69) is 4.90 Å². The molecule has 8 heteroatoms. The van der Waals surface area contributed by atoms with Gasteiger partial charge in [-0.2, -0.15) is 13.2 Å². The Morgan fingerprint density at radius 2 is 1.67 bits per heavy atom. The number of amides is 2. The number of benzene rings is 2. The van der Waals surface area contributed by atoms with E-state index in [4.69, 9.17) is 0 Å². The van der Waals surface area contributed by atoms with Crippen molar-refractivity contribution < 1.29 is 22.8 Å². The van der Waals surface area contributed by atoms with Crippen LogP contribution in [0.3, 0.4) is 0 Å². The zero-order valence-electron chi connectivity index (χ0n) is 18.4. The van der Waals surface area contributed by atoms with Gasteiger partial charge >= 0.3 is 6.18 Å². The highest BCUT2D eigenvalue weighted by atomic mass is 19.4. The predicted octanol–water partition coefficient (Wildman–Crippen LogP) is 3.76. The summed E-state index contributed by atoms with van der Waals surface area (Å²) >= 11 is 0. The first-order chi connectivity index (χ1) is 15.8. The molecular weight excluding hydrogens is 431 g/mol. The molecule has 0 bridgehead atoms. The van der Waals surface area contributed by atoms with Gasteiger partial charge in [0.2, 0.25) is 11.8 Å². The van der Waals surface area contributed by atoms with Crippen molar-refractivity contribution in [3.8, 4) is 0 Å². The molecule has 2 aromatic carbocycles. The number of hydrogen-bond donors (Lipinski definition) is 0. The van der Waals surface area contributed by atoms with Crippen molar-refractivity contribution in [1.82, 2.24) is 14.7 Å². The lowest BCUT2D eigenvalue weighted by molar-refractivity contribution is -0.144. The Labute approximate surface area is 191 Å². The smallest absolute Gasteiger partial charge is 0.339 e. The molecule has 2 aliphatic rings. The summed E-state index contributed by atoms with van der Waals surface area (Å²) in [4.78, 5) is 31.3. The van der Waals surface area contributed by atoms with Crippen molar-refractivity contribution in [2.75, 3.05) is 39.3 Å². The van der Waals surface area contributed by atoms with Gasteiger partial charge in [0.25, 0.3) is 0 Å². The Balaban J connectivity index is 1.28. The number of piperazine rings is 1. The van der Waals surface area contributed by atoms with E-state index in [1.807, 2.05) is 30.3 Å². The molecule has 33 heavy (non-hydrogen) atoms. The number of carbonyl (C=O) groups is 2. The molecule has 0 aromatic heterocycles. The maximum absolute atomic E-state index is 13.0. The Morgan fingerprint density at radius 1 is 0.939 bits per heavy atom. The van der Waals surface area contributed by atoms with Crippen molar-refractivity contribution in [3.05, 3.63) is 71.3 Å². The highest BCUT2D eigenvalue weighted by Gasteiger charge is 2.33. The standard InChI is InChI=1S/C25H28F3N3O2/c26-25(27,28)21-9-4-6-19(16-21)17-29-12-14-30(15-13-29)23(32)18-31-11-5-10-22(24(31)33)20-7-2-1-3-8-20/h1-4,6-9,16,22H,5,10-15,17-18H2. The number of carbonyl (C=O) groups excluding carboxylic acids is 2. The van der Waals surface area contributed by atoms with E-state index in [9.17, 15) is 22.8 Å². The minimum atomic E-state index is -4.35. The monoisotopic (exact) mass is 459 g/mol. The molecule has 0 aliphatic carbocycles. The number of halogens is 3. The van der Waals surface area contributed by atoms with Crippen molar-refractivity contribution in [2.45, 2.75) is 31.5 Å². The van der Waals surface area contributed by atoms with E-state index in [1.165, 1.54) is 12.1 Å². The minimum Gasteiger partial charge on any atom is -0.339 e. The fraction of sp³-hybridized carbons (Fsp3) is 0.440. The zero-order valence-corrected chi connectivity index (χ0v) is 18.4. The SMILES string of the molecule is O=C(CN1CCCC(c2ccccc2)C1=O)N1CCN(Cc2cccc(C(F)(F)F)c2)CC1. The summed E-state index contributed by atoms with van der Waals surface area (Å²) in [5, 5.41) is 0. The first-order valence-electron chi connectivity index (χ1n) is 11.3. The predicted molar refractivity (Wildman–Crippen MR) is 118 cm³/mol. The van der Waals surface area contributed by atoms with Gasteiger partial charge in [-0.1, -0.05) is 48.5 Å². The quantitative estimate of drug-likeness (QED) is 0.684. The molecular formula is C25H28F3N3O2. The summed E-state index contributed by atoms with van der Waals surface area (Å²) in [6.45, 7) is 3.25. The van der Waals surface area contributed by atoms with Gasteiger partial charge in [0.05, 0.1) is 18.0 Å². The summed E-state index contributed by atoms with van der Waals surface area (Å²) in [6, 6.07) is 15.1. The van der Waals surface area contributed by atoms with Crippen LogP contribution in [0.5, 0.6) is 0 Å². The van der Waals surface area contributed by atoms with Crippen LogP contribution in [0.25, 0.3) is 0 Å². The zero-order chi connectivity index (χ0) is 23.4. The molecule has 0 saturated carbocycles. The third-order valence-electron chi connectivity index (χ3n) is 6.44. The van der Waals surface area contributed by atoms with Crippen LogP contribution in [-0.2, 0) is 22.3 Å². The molecule has 2 heterocycles. The number of likely N-dealkylation sites (tertiary alicyclic amines) is 1. The van der Waals surface area contributed by atoms with E-state index in [-0.39, 0.29) is 24.3 Å². The maximum atomic E-state index is 13.0. The summed E-state index contributed by atoms with van der Waals surface area (Å²) in [6.07, 6.45) is -2.70. The van der Waals surface area contributed by atoms with Crippen molar-refractivity contribution in [2.24, 2.45) is 0 Å². The van der Waals surface area contributed by atoms with Gasteiger partial charge in [-0.15, -0.1) is 0 Å². The maximum Gasteiger partial charge on any atom is 0.416 e. The second-order valence-electron chi connectivity index (χ2n) is 8.72. The number of nitrogens with zero attached hydrogens (tertiary/aromatic N) is 3. The normalized spacial score (nSPS) is 20.2. The van der Waals surface area contributed by atoms with Crippen LogP contribution in [0.2, 0.25) is 0 Å². The molecule has 2 aromatic rings.